The number of nitrogens with zero attached hydrogens (tertiary/aromatic N) is 4. The highest BCUT2D eigenvalue weighted by Crippen LogP contribution is 2.24. The summed E-state index contributed by atoms with van der Waals surface area (Å²) in [6.07, 6.45) is 3.42. The summed E-state index contributed by atoms with van der Waals surface area (Å²) in [6.45, 7) is 1.45. The lowest BCUT2D eigenvalue weighted by Crippen LogP contribution is -2.39. The van der Waals surface area contributed by atoms with E-state index in [1.807, 2.05) is 42.5 Å². The summed E-state index contributed by atoms with van der Waals surface area (Å²) in [5.74, 6) is 0. The van der Waals surface area contributed by atoms with Crippen molar-refractivity contribution in [2.24, 2.45) is 7.05 Å². The number of carbonyl (C=O) groups excluding carboxylic acids is 1. The Morgan fingerprint density at radius 2 is 1.83 bits per heavy atom. The molecule has 2 heterocycles. The van der Waals surface area contributed by atoms with Gasteiger partial charge < -0.3 is 10.2 Å². The van der Waals surface area contributed by atoms with Crippen molar-refractivity contribution < 1.29 is 13.2 Å². The van der Waals surface area contributed by atoms with Gasteiger partial charge in [-0.05, 0) is 17.9 Å². The van der Waals surface area contributed by atoms with Gasteiger partial charge in [-0.2, -0.15) is 9.40 Å². The van der Waals surface area contributed by atoms with Gasteiger partial charge >= 0.3 is 6.03 Å². The Labute approximate surface area is 169 Å². The van der Waals surface area contributed by atoms with E-state index in [-0.39, 0.29) is 17.5 Å². The van der Waals surface area contributed by atoms with E-state index < -0.39 is 10.0 Å². The summed E-state index contributed by atoms with van der Waals surface area (Å²) < 4.78 is 28.5. The van der Waals surface area contributed by atoms with Crippen LogP contribution in [0.1, 0.15) is 6.42 Å². The molecule has 2 aromatic carbocycles. The van der Waals surface area contributed by atoms with Crippen molar-refractivity contribution >= 4 is 32.5 Å². The second-order valence-corrected chi connectivity index (χ2v) is 8.99. The van der Waals surface area contributed by atoms with Crippen LogP contribution in [0.25, 0.3) is 10.8 Å². The summed E-state index contributed by atoms with van der Waals surface area (Å²) in [5, 5.41) is 8.95. The highest BCUT2D eigenvalue weighted by molar-refractivity contribution is 7.89. The van der Waals surface area contributed by atoms with E-state index in [1.165, 1.54) is 21.4 Å². The number of hydrogen-bond donors (Lipinski definition) is 1. The van der Waals surface area contributed by atoms with E-state index in [9.17, 15) is 13.2 Å². The van der Waals surface area contributed by atoms with Crippen LogP contribution in [0.5, 0.6) is 0 Å². The van der Waals surface area contributed by atoms with E-state index in [0.717, 1.165) is 16.5 Å². The number of anilines is 1. The molecule has 0 radical (unpaired) electrons. The number of amides is 2. The molecular formula is C20H23N5O3S. The molecule has 9 heteroatoms. The minimum absolute atomic E-state index is 0.175. The summed E-state index contributed by atoms with van der Waals surface area (Å²) in [4.78, 5) is 14.7. The van der Waals surface area contributed by atoms with Crippen LogP contribution in [0, 0.1) is 0 Å². The van der Waals surface area contributed by atoms with Crippen molar-refractivity contribution in [1.29, 1.82) is 0 Å². The summed E-state index contributed by atoms with van der Waals surface area (Å²) in [6, 6.07) is 13.4. The highest BCUT2D eigenvalue weighted by atomic mass is 32.2. The quantitative estimate of drug-likeness (QED) is 0.715. The molecule has 1 N–H and O–H groups in total. The lowest BCUT2D eigenvalue weighted by molar-refractivity contribution is 0.214. The molecule has 0 saturated carbocycles. The first kappa shape index (κ1) is 19.4. The average molecular weight is 414 g/mol. The Morgan fingerprint density at radius 1 is 1.03 bits per heavy atom. The summed E-state index contributed by atoms with van der Waals surface area (Å²) in [7, 11) is -1.93. The number of hydrogen-bond acceptors (Lipinski definition) is 4. The zero-order valence-corrected chi connectivity index (χ0v) is 17.0. The van der Waals surface area contributed by atoms with Gasteiger partial charge in [0.15, 0.2) is 0 Å². The zero-order valence-electron chi connectivity index (χ0n) is 16.2. The number of urea groups is 1. The Morgan fingerprint density at radius 3 is 2.62 bits per heavy atom. The minimum Gasteiger partial charge on any atom is -0.323 e. The maximum Gasteiger partial charge on any atom is 0.321 e. The molecule has 2 amide bonds. The first-order chi connectivity index (χ1) is 13.9. The predicted octanol–water partition coefficient (Wildman–Crippen LogP) is 2.50. The first-order valence-corrected chi connectivity index (χ1v) is 10.9. The van der Waals surface area contributed by atoms with Gasteiger partial charge in [-0.25, -0.2) is 13.2 Å². The number of aryl methyl sites for hydroxylation is 1. The number of fused-ring (bicyclic) bond motifs is 1. The van der Waals surface area contributed by atoms with E-state index in [1.54, 1.807) is 11.9 Å². The van der Waals surface area contributed by atoms with Crippen molar-refractivity contribution in [3.8, 4) is 0 Å². The molecule has 0 spiro atoms. The number of aromatic nitrogens is 2. The van der Waals surface area contributed by atoms with Crippen molar-refractivity contribution in [2.75, 3.05) is 31.5 Å². The largest absolute Gasteiger partial charge is 0.323 e. The van der Waals surface area contributed by atoms with Crippen LogP contribution in [-0.2, 0) is 17.1 Å². The van der Waals surface area contributed by atoms with E-state index >= 15 is 0 Å². The van der Waals surface area contributed by atoms with Crippen LogP contribution >= 0.6 is 0 Å². The van der Waals surface area contributed by atoms with Gasteiger partial charge in [-0.15, -0.1) is 0 Å². The van der Waals surface area contributed by atoms with Gasteiger partial charge in [0.25, 0.3) is 0 Å². The third kappa shape index (κ3) is 3.96. The molecule has 1 saturated heterocycles. The number of carbonyl (C=O) groups is 1. The first-order valence-electron chi connectivity index (χ1n) is 9.48. The maximum absolute atomic E-state index is 12.8. The molecule has 1 aliphatic rings. The Balaban J connectivity index is 1.46. The van der Waals surface area contributed by atoms with Crippen LogP contribution in [0.15, 0.2) is 59.8 Å². The maximum atomic E-state index is 12.8. The molecule has 4 rings (SSSR count). The molecule has 29 heavy (non-hydrogen) atoms. The van der Waals surface area contributed by atoms with Gasteiger partial charge in [0.05, 0.1) is 11.9 Å². The molecule has 3 aromatic rings. The number of benzene rings is 2. The van der Waals surface area contributed by atoms with Crippen molar-refractivity contribution in [3.63, 3.8) is 0 Å². The monoisotopic (exact) mass is 413 g/mol. The molecule has 1 fully saturated rings. The third-order valence-electron chi connectivity index (χ3n) is 5.09. The number of rotatable bonds is 3. The molecule has 152 valence electrons. The normalized spacial score (nSPS) is 16.0. The smallest absolute Gasteiger partial charge is 0.321 e. The van der Waals surface area contributed by atoms with Gasteiger partial charge in [0.2, 0.25) is 10.0 Å². The Kier molecular flexibility index (Phi) is 5.25. The van der Waals surface area contributed by atoms with Crippen LogP contribution in [-0.4, -0.2) is 59.6 Å². The van der Waals surface area contributed by atoms with E-state index in [0.29, 0.717) is 26.1 Å². The SMILES string of the molecule is Cn1cc(S(=O)(=O)N2CCCN(C(=O)Nc3cccc4ccccc34)CC2)cn1. The molecule has 1 aromatic heterocycles. The van der Waals surface area contributed by atoms with E-state index in [2.05, 4.69) is 10.4 Å². The third-order valence-corrected chi connectivity index (χ3v) is 6.94. The minimum atomic E-state index is -3.61. The van der Waals surface area contributed by atoms with Gasteiger partial charge in [0, 0.05) is 44.8 Å². The fourth-order valence-electron chi connectivity index (χ4n) is 3.55. The van der Waals surface area contributed by atoms with Crippen molar-refractivity contribution in [2.45, 2.75) is 11.3 Å². The fourth-order valence-corrected chi connectivity index (χ4v) is 5.00. The average Bonchev–Trinajstić information content (AvgIpc) is 3.00. The second kappa shape index (κ2) is 7.84. The molecule has 0 atom stereocenters. The lowest BCUT2D eigenvalue weighted by Gasteiger charge is -2.22. The number of sulfonamides is 1. The van der Waals surface area contributed by atoms with E-state index in [4.69, 9.17) is 0 Å². The molecule has 1 aliphatic heterocycles. The van der Waals surface area contributed by atoms with Gasteiger partial charge in [-0.3, -0.25) is 4.68 Å². The lowest BCUT2D eigenvalue weighted by atomic mass is 10.1. The predicted molar refractivity (Wildman–Crippen MR) is 111 cm³/mol. The topological polar surface area (TPSA) is 87.5 Å². The second-order valence-electron chi connectivity index (χ2n) is 7.05. The van der Waals surface area contributed by atoms with Crippen molar-refractivity contribution in [3.05, 3.63) is 54.9 Å². The summed E-state index contributed by atoms with van der Waals surface area (Å²) >= 11 is 0. The van der Waals surface area contributed by atoms with Gasteiger partial charge in [0.1, 0.15) is 4.90 Å². The molecule has 0 unspecified atom stereocenters. The molecule has 0 bridgehead atoms. The zero-order chi connectivity index (χ0) is 20.4. The Hall–Kier alpha value is -2.91. The number of nitrogens with one attached hydrogen (secondary N) is 1. The van der Waals surface area contributed by atoms with Crippen LogP contribution < -0.4 is 5.32 Å². The summed E-state index contributed by atoms with van der Waals surface area (Å²) in [5.41, 5.74) is 0.747. The van der Waals surface area contributed by atoms with Crippen LogP contribution in [0.2, 0.25) is 0 Å². The van der Waals surface area contributed by atoms with Crippen LogP contribution in [0.4, 0.5) is 10.5 Å². The van der Waals surface area contributed by atoms with Gasteiger partial charge in [-0.1, -0.05) is 36.4 Å². The fraction of sp³-hybridized carbons (Fsp3) is 0.300. The van der Waals surface area contributed by atoms with Crippen molar-refractivity contribution in [1.82, 2.24) is 19.0 Å². The molecule has 8 nitrogen and oxygen atoms in total. The Bertz CT molecular complexity index is 1140. The van der Waals surface area contributed by atoms with Crippen LogP contribution in [0.3, 0.4) is 0 Å². The highest BCUT2D eigenvalue weighted by Gasteiger charge is 2.29. The molecular weight excluding hydrogens is 390 g/mol. The standard InChI is InChI=1S/C20H23N5O3S/c1-23-15-17(14-21-23)29(27,28)25-11-5-10-24(12-13-25)20(26)22-19-9-4-7-16-6-2-3-8-18(16)19/h2-4,6-9,14-15H,5,10-13H2,1H3,(H,22,26). The molecule has 0 aliphatic carbocycles.